The number of ketones is 1. The molecule has 1 aromatic rings. The third kappa shape index (κ3) is 3.59. The van der Waals surface area contributed by atoms with E-state index < -0.39 is 0 Å². The highest BCUT2D eigenvalue weighted by molar-refractivity contribution is 8.03. The SMILES string of the molecule is CC1=C(CCO)SCN1CC(=O)c1ccc2c(c1)C(C)(C)CCC2(C)C. The minimum Gasteiger partial charge on any atom is -0.396 e. The molecule has 3 rings (SSSR count). The van der Waals surface area contributed by atoms with Gasteiger partial charge in [-0.15, -0.1) is 11.8 Å². The average Bonchev–Trinajstić information content (AvgIpc) is 2.92. The Bertz CT molecular complexity index is 749. The maximum Gasteiger partial charge on any atom is 0.182 e. The van der Waals surface area contributed by atoms with Gasteiger partial charge in [-0.1, -0.05) is 39.8 Å². The van der Waals surface area contributed by atoms with Crippen molar-refractivity contribution >= 4 is 17.5 Å². The minimum atomic E-state index is 0.120. The van der Waals surface area contributed by atoms with E-state index in [4.69, 9.17) is 5.11 Å². The molecule has 0 aromatic heterocycles. The van der Waals surface area contributed by atoms with Crippen molar-refractivity contribution in [2.45, 2.75) is 64.7 Å². The molecule has 0 atom stereocenters. The average molecular weight is 374 g/mol. The number of hydrogen-bond donors (Lipinski definition) is 1. The van der Waals surface area contributed by atoms with Crippen LogP contribution in [0.5, 0.6) is 0 Å². The Hall–Kier alpha value is -1.26. The molecular weight excluding hydrogens is 342 g/mol. The zero-order valence-corrected chi connectivity index (χ0v) is 17.5. The zero-order chi connectivity index (χ0) is 19.1. The highest BCUT2D eigenvalue weighted by Gasteiger charge is 2.37. The lowest BCUT2D eigenvalue weighted by molar-refractivity contribution is 0.0958. The van der Waals surface area contributed by atoms with Gasteiger partial charge < -0.3 is 10.0 Å². The smallest absolute Gasteiger partial charge is 0.182 e. The van der Waals surface area contributed by atoms with E-state index in [1.807, 2.05) is 6.07 Å². The third-order valence-corrected chi connectivity index (χ3v) is 7.41. The summed E-state index contributed by atoms with van der Waals surface area (Å²) in [6.07, 6.45) is 3.02. The molecule has 0 spiro atoms. The lowest BCUT2D eigenvalue weighted by atomic mass is 9.63. The van der Waals surface area contributed by atoms with Crippen LogP contribution in [0, 0.1) is 0 Å². The molecule has 142 valence electrons. The Kier molecular flexibility index (Phi) is 5.28. The second kappa shape index (κ2) is 7.05. The molecule has 0 radical (unpaired) electrons. The van der Waals surface area contributed by atoms with Gasteiger partial charge in [-0.3, -0.25) is 4.79 Å². The molecular formula is C22H31NO2S. The first-order chi connectivity index (χ1) is 12.2. The van der Waals surface area contributed by atoms with Gasteiger partial charge in [0.1, 0.15) is 0 Å². The molecule has 0 saturated carbocycles. The van der Waals surface area contributed by atoms with E-state index in [0.29, 0.717) is 13.0 Å². The molecule has 1 aliphatic carbocycles. The quantitative estimate of drug-likeness (QED) is 0.750. The van der Waals surface area contributed by atoms with Crippen LogP contribution in [0.3, 0.4) is 0 Å². The van der Waals surface area contributed by atoms with E-state index in [-0.39, 0.29) is 23.2 Å². The summed E-state index contributed by atoms with van der Waals surface area (Å²) in [5, 5.41) is 9.16. The zero-order valence-electron chi connectivity index (χ0n) is 16.7. The molecule has 1 aromatic carbocycles. The number of rotatable bonds is 5. The van der Waals surface area contributed by atoms with Gasteiger partial charge in [0.05, 0.1) is 12.4 Å². The summed E-state index contributed by atoms with van der Waals surface area (Å²) >= 11 is 1.74. The van der Waals surface area contributed by atoms with Gasteiger partial charge in [0.15, 0.2) is 5.78 Å². The first kappa shape index (κ1) is 19.5. The highest BCUT2D eigenvalue weighted by Crippen LogP contribution is 2.46. The van der Waals surface area contributed by atoms with Crippen molar-refractivity contribution in [3.63, 3.8) is 0 Å². The van der Waals surface area contributed by atoms with Crippen LogP contribution in [0.25, 0.3) is 0 Å². The van der Waals surface area contributed by atoms with Crippen LogP contribution in [0.1, 0.15) is 75.4 Å². The molecule has 2 aliphatic rings. The van der Waals surface area contributed by atoms with Gasteiger partial charge in [-0.25, -0.2) is 0 Å². The topological polar surface area (TPSA) is 40.5 Å². The van der Waals surface area contributed by atoms with Crippen LogP contribution in [0.4, 0.5) is 0 Å². The van der Waals surface area contributed by atoms with Gasteiger partial charge in [0.2, 0.25) is 0 Å². The highest BCUT2D eigenvalue weighted by atomic mass is 32.2. The van der Waals surface area contributed by atoms with E-state index in [2.05, 4.69) is 51.7 Å². The van der Waals surface area contributed by atoms with Crippen LogP contribution in [0.2, 0.25) is 0 Å². The van der Waals surface area contributed by atoms with Crippen molar-refractivity contribution in [2.75, 3.05) is 19.0 Å². The number of carbonyl (C=O) groups excluding carboxylic acids is 1. The van der Waals surface area contributed by atoms with Crippen molar-refractivity contribution in [3.05, 3.63) is 45.5 Å². The number of carbonyl (C=O) groups is 1. The third-order valence-electron chi connectivity index (χ3n) is 6.12. The molecule has 1 heterocycles. The van der Waals surface area contributed by atoms with Crippen molar-refractivity contribution in [3.8, 4) is 0 Å². The fraction of sp³-hybridized carbons (Fsp3) is 0.591. The molecule has 0 amide bonds. The largest absolute Gasteiger partial charge is 0.396 e. The monoisotopic (exact) mass is 373 g/mol. The summed E-state index contributed by atoms with van der Waals surface area (Å²) in [6.45, 7) is 11.8. The molecule has 0 fully saturated rings. The molecule has 4 heteroatoms. The van der Waals surface area contributed by atoms with E-state index in [0.717, 1.165) is 23.6 Å². The van der Waals surface area contributed by atoms with Crippen LogP contribution < -0.4 is 0 Å². The number of thioether (sulfide) groups is 1. The fourth-order valence-electron chi connectivity index (χ4n) is 4.08. The lowest BCUT2D eigenvalue weighted by Gasteiger charge is -2.42. The number of fused-ring (bicyclic) bond motifs is 1. The first-order valence-corrected chi connectivity index (χ1v) is 10.5. The second-order valence-electron chi connectivity index (χ2n) is 8.90. The molecule has 0 bridgehead atoms. The van der Waals surface area contributed by atoms with Gasteiger partial charge >= 0.3 is 0 Å². The second-order valence-corrected chi connectivity index (χ2v) is 9.94. The van der Waals surface area contributed by atoms with Gasteiger partial charge in [-0.05, 0) is 47.8 Å². The Morgan fingerprint density at radius 1 is 1.15 bits per heavy atom. The van der Waals surface area contributed by atoms with Crippen LogP contribution in [-0.4, -0.2) is 34.8 Å². The number of hydrogen-bond acceptors (Lipinski definition) is 4. The molecule has 3 nitrogen and oxygen atoms in total. The van der Waals surface area contributed by atoms with Crippen molar-refractivity contribution in [2.24, 2.45) is 0 Å². The number of Topliss-reactive ketones (excluding diaryl/α,β-unsaturated/α-hetero) is 1. The van der Waals surface area contributed by atoms with E-state index in [9.17, 15) is 4.79 Å². The Balaban J connectivity index is 1.84. The van der Waals surface area contributed by atoms with E-state index >= 15 is 0 Å². The van der Waals surface area contributed by atoms with E-state index in [1.54, 1.807) is 11.8 Å². The molecule has 0 saturated heterocycles. The molecule has 26 heavy (non-hydrogen) atoms. The van der Waals surface area contributed by atoms with E-state index in [1.165, 1.54) is 22.5 Å². The van der Waals surface area contributed by atoms with Crippen molar-refractivity contribution in [1.82, 2.24) is 4.90 Å². The summed E-state index contributed by atoms with van der Waals surface area (Å²) in [7, 11) is 0. The minimum absolute atomic E-state index is 0.120. The van der Waals surface area contributed by atoms with Crippen LogP contribution in [0.15, 0.2) is 28.8 Å². The van der Waals surface area contributed by atoms with Crippen molar-refractivity contribution < 1.29 is 9.90 Å². The Labute approximate surface area is 161 Å². The first-order valence-electron chi connectivity index (χ1n) is 9.52. The summed E-state index contributed by atoms with van der Waals surface area (Å²) < 4.78 is 0. The standard InChI is InChI=1S/C22H31NO2S/c1-15-20(8-11-24)26-14-23(15)13-19(25)16-6-7-17-18(12-16)22(4,5)10-9-21(17,2)3/h6-7,12,24H,8-11,13-14H2,1-5H3. The van der Waals surface area contributed by atoms with Crippen LogP contribution >= 0.6 is 11.8 Å². The predicted octanol–water partition coefficient (Wildman–Crippen LogP) is 4.84. The number of nitrogens with zero attached hydrogens (tertiary/aromatic N) is 1. The number of aliphatic hydroxyl groups is 1. The van der Waals surface area contributed by atoms with Gasteiger partial charge in [0, 0.05) is 29.2 Å². The molecule has 1 N–H and O–H groups in total. The predicted molar refractivity (Wildman–Crippen MR) is 110 cm³/mol. The maximum atomic E-state index is 12.9. The fourth-order valence-corrected chi connectivity index (χ4v) is 5.25. The van der Waals surface area contributed by atoms with Gasteiger partial charge in [-0.2, -0.15) is 0 Å². The Morgan fingerprint density at radius 2 is 1.81 bits per heavy atom. The lowest BCUT2D eigenvalue weighted by Crippen LogP contribution is -2.34. The summed E-state index contributed by atoms with van der Waals surface area (Å²) in [6, 6.07) is 6.35. The number of allylic oxidation sites excluding steroid dienone is 1. The summed E-state index contributed by atoms with van der Waals surface area (Å²) in [4.78, 5) is 16.3. The Morgan fingerprint density at radius 3 is 2.46 bits per heavy atom. The summed E-state index contributed by atoms with van der Waals surface area (Å²) in [5.74, 6) is 0.980. The normalized spacial score (nSPS) is 21.1. The van der Waals surface area contributed by atoms with Gasteiger partial charge in [0.25, 0.3) is 0 Å². The van der Waals surface area contributed by atoms with Crippen molar-refractivity contribution in [1.29, 1.82) is 0 Å². The van der Waals surface area contributed by atoms with Crippen LogP contribution in [-0.2, 0) is 10.8 Å². The molecule has 1 aliphatic heterocycles. The number of aliphatic hydroxyl groups excluding tert-OH is 1. The summed E-state index contributed by atoms with van der Waals surface area (Å²) in [5.41, 5.74) is 4.98. The maximum absolute atomic E-state index is 12.9. The molecule has 0 unspecified atom stereocenters. The number of benzene rings is 1.